The third-order valence-corrected chi connectivity index (χ3v) is 4.03. The number of anilines is 2. The first-order valence-electron chi connectivity index (χ1n) is 7.33. The van der Waals surface area contributed by atoms with Crippen LogP contribution in [-0.2, 0) is 9.59 Å². The summed E-state index contributed by atoms with van der Waals surface area (Å²) >= 11 is 17.8. The molecule has 132 valence electrons. The number of amides is 2. The van der Waals surface area contributed by atoms with Crippen LogP contribution in [0.25, 0.3) is 0 Å². The number of likely N-dealkylation sites (N-methyl/N-ethyl adjacent to an activating group) is 1. The highest BCUT2D eigenvalue weighted by molar-refractivity contribution is 6.35. The molecule has 0 saturated heterocycles. The van der Waals surface area contributed by atoms with E-state index in [9.17, 15) is 9.59 Å². The van der Waals surface area contributed by atoms with Crippen molar-refractivity contribution in [1.82, 2.24) is 4.90 Å². The van der Waals surface area contributed by atoms with Crippen LogP contribution in [0.1, 0.15) is 0 Å². The number of rotatable bonds is 6. The third-order valence-electron chi connectivity index (χ3n) is 3.26. The molecule has 0 unspecified atom stereocenters. The van der Waals surface area contributed by atoms with Gasteiger partial charge in [-0.25, -0.2) is 0 Å². The summed E-state index contributed by atoms with van der Waals surface area (Å²) in [6, 6.07) is 11.8. The number of nitrogens with one attached hydrogen (secondary N) is 2. The zero-order chi connectivity index (χ0) is 18.4. The molecular formula is C17H16Cl3N3O2. The number of carbonyl (C=O) groups excluding carboxylic acids is 2. The summed E-state index contributed by atoms with van der Waals surface area (Å²) in [5.74, 6) is -0.597. The molecule has 5 nitrogen and oxygen atoms in total. The first-order valence-corrected chi connectivity index (χ1v) is 8.47. The van der Waals surface area contributed by atoms with E-state index < -0.39 is 0 Å². The monoisotopic (exact) mass is 399 g/mol. The van der Waals surface area contributed by atoms with E-state index in [1.54, 1.807) is 49.5 Å². The molecule has 2 N–H and O–H groups in total. The van der Waals surface area contributed by atoms with E-state index in [1.165, 1.54) is 4.90 Å². The lowest BCUT2D eigenvalue weighted by atomic mass is 10.3. The van der Waals surface area contributed by atoms with Crippen molar-refractivity contribution >= 4 is 58.0 Å². The lowest BCUT2D eigenvalue weighted by molar-refractivity contribution is -0.131. The van der Waals surface area contributed by atoms with Gasteiger partial charge in [0.15, 0.2) is 0 Å². The molecule has 0 aliphatic carbocycles. The summed E-state index contributed by atoms with van der Waals surface area (Å²) in [6.45, 7) is -0.0887. The molecule has 0 spiro atoms. The number of hydrogen-bond donors (Lipinski definition) is 2. The van der Waals surface area contributed by atoms with Gasteiger partial charge < -0.3 is 15.5 Å². The van der Waals surface area contributed by atoms with Crippen molar-refractivity contribution in [1.29, 1.82) is 0 Å². The molecule has 0 heterocycles. The minimum atomic E-state index is -0.338. The van der Waals surface area contributed by atoms with Crippen molar-refractivity contribution in [3.05, 3.63) is 57.5 Å². The molecule has 0 aromatic heterocycles. The van der Waals surface area contributed by atoms with E-state index in [0.717, 1.165) is 0 Å². The van der Waals surface area contributed by atoms with Gasteiger partial charge in [0.05, 0.1) is 23.8 Å². The number of hydrogen-bond acceptors (Lipinski definition) is 3. The number of halogens is 3. The van der Waals surface area contributed by atoms with Gasteiger partial charge in [-0.2, -0.15) is 0 Å². The van der Waals surface area contributed by atoms with Crippen molar-refractivity contribution in [2.24, 2.45) is 0 Å². The van der Waals surface area contributed by atoms with E-state index in [0.29, 0.717) is 26.4 Å². The average Bonchev–Trinajstić information content (AvgIpc) is 2.53. The summed E-state index contributed by atoms with van der Waals surface area (Å²) in [4.78, 5) is 25.5. The molecule has 0 fully saturated rings. The Bertz CT molecular complexity index is 763. The molecular weight excluding hydrogens is 385 g/mol. The van der Waals surface area contributed by atoms with Crippen LogP contribution < -0.4 is 10.6 Å². The molecule has 0 radical (unpaired) electrons. The Balaban J connectivity index is 1.85. The maximum Gasteiger partial charge on any atom is 0.244 e. The van der Waals surface area contributed by atoms with Crippen LogP contribution in [-0.4, -0.2) is 36.9 Å². The minimum Gasteiger partial charge on any atom is -0.376 e. The van der Waals surface area contributed by atoms with Gasteiger partial charge in [-0.1, -0.05) is 46.9 Å². The van der Waals surface area contributed by atoms with Crippen LogP contribution in [0.3, 0.4) is 0 Å². The summed E-state index contributed by atoms with van der Waals surface area (Å²) in [5.41, 5.74) is 1.13. The van der Waals surface area contributed by atoms with Gasteiger partial charge in [0.25, 0.3) is 0 Å². The molecule has 0 aliphatic heterocycles. The second-order valence-electron chi connectivity index (χ2n) is 5.29. The molecule has 2 rings (SSSR count). The van der Waals surface area contributed by atoms with E-state index in [-0.39, 0.29) is 24.9 Å². The highest BCUT2D eigenvalue weighted by atomic mass is 35.5. The zero-order valence-corrected chi connectivity index (χ0v) is 15.6. The number of benzene rings is 2. The molecule has 0 bridgehead atoms. The standard InChI is InChI=1S/C17H16Cl3N3O2/c1-23(10-16(24)22-15-5-3-2-4-14(15)20)17(25)9-21-13-7-11(18)6-12(19)8-13/h2-8,21H,9-10H2,1H3,(H,22,24). The average molecular weight is 401 g/mol. The zero-order valence-electron chi connectivity index (χ0n) is 13.4. The van der Waals surface area contributed by atoms with Gasteiger partial charge in [0, 0.05) is 22.8 Å². The molecule has 2 aromatic carbocycles. The van der Waals surface area contributed by atoms with Crippen LogP contribution in [0.2, 0.25) is 15.1 Å². The molecule has 0 atom stereocenters. The smallest absolute Gasteiger partial charge is 0.244 e. The Labute approximate surface area is 160 Å². The SMILES string of the molecule is CN(CC(=O)Nc1ccccc1Cl)C(=O)CNc1cc(Cl)cc(Cl)c1. The Morgan fingerprint density at radius 1 is 1.04 bits per heavy atom. The number of carbonyl (C=O) groups is 2. The maximum absolute atomic E-state index is 12.1. The summed E-state index contributed by atoms with van der Waals surface area (Å²) in [7, 11) is 1.54. The van der Waals surface area contributed by atoms with Gasteiger partial charge >= 0.3 is 0 Å². The normalized spacial score (nSPS) is 10.2. The Kier molecular flexibility index (Phi) is 6.93. The first kappa shape index (κ1) is 19.4. The van der Waals surface area contributed by atoms with E-state index in [2.05, 4.69) is 10.6 Å². The fourth-order valence-electron chi connectivity index (χ4n) is 2.02. The number of para-hydroxylation sites is 1. The summed E-state index contributed by atoms with van der Waals surface area (Å²) in [5, 5.41) is 6.96. The second kappa shape index (κ2) is 8.94. The van der Waals surface area contributed by atoms with Crippen molar-refractivity contribution in [2.75, 3.05) is 30.8 Å². The van der Waals surface area contributed by atoms with Crippen molar-refractivity contribution < 1.29 is 9.59 Å². The summed E-state index contributed by atoms with van der Waals surface area (Å²) < 4.78 is 0. The van der Waals surface area contributed by atoms with Crippen molar-refractivity contribution in [2.45, 2.75) is 0 Å². The number of nitrogens with zero attached hydrogens (tertiary/aromatic N) is 1. The van der Waals surface area contributed by atoms with Crippen LogP contribution in [0.4, 0.5) is 11.4 Å². The topological polar surface area (TPSA) is 61.4 Å². The van der Waals surface area contributed by atoms with Crippen LogP contribution in [0.5, 0.6) is 0 Å². The van der Waals surface area contributed by atoms with Crippen molar-refractivity contribution in [3.63, 3.8) is 0 Å². The molecule has 2 amide bonds. The lowest BCUT2D eigenvalue weighted by Crippen LogP contribution is -2.38. The van der Waals surface area contributed by atoms with Gasteiger partial charge in [-0.05, 0) is 30.3 Å². The van der Waals surface area contributed by atoms with Gasteiger partial charge in [-0.3, -0.25) is 9.59 Å². The van der Waals surface area contributed by atoms with Crippen LogP contribution in [0.15, 0.2) is 42.5 Å². The molecule has 2 aromatic rings. The van der Waals surface area contributed by atoms with Crippen molar-refractivity contribution in [3.8, 4) is 0 Å². The largest absolute Gasteiger partial charge is 0.376 e. The molecule has 0 saturated carbocycles. The highest BCUT2D eigenvalue weighted by Gasteiger charge is 2.14. The Hall–Kier alpha value is -1.95. The second-order valence-corrected chi connectivity index (χ2v) is 6.57. The quantitative estimate of drug-likeness (QED) is 0.765. The third kappa shape index (κ3) is 6.12. The van der Waals surface area contributed by atoms with Gasteiger partial charge in [0.2, 0.25) is 11.8 Å². The fraction of sp³-hybridized carbons (Fsp3) is 0.176. The van der Waals surface area contributed by atoms with E-state index in [1.807, 2.05) is 0 Å². The molecule has 25 heavy (non-hydrogen) atoms. The predicted octanol–water partition coefficient (Wildman–Crippen LogP) is 4.16. The van der Waals surface area contributed by atoms with Gasteiger partial charge in [0.1, 0.15) is 0 Å². The van der Waals surface area contributed by atoms with E-state index in [4.69, 9.17) is 34.8 Å². The Morgan fingerprint density at radius 2 is 1.68 bits per heavy atom. The molecule has 0 aliphatic rings. The van der Waals surface area contributed by atoms with Gasteiger partial charge in [-0.15, -0.1) is 0 Å². The first-order chi connectivity index (χ1) is 11.8. The van der Waals surface area contributed by atoms with Crippen LogP contribution in [0, 0.1) is 0 Å². The summed E-state index contributed by atoms with van der Waals surface area (Å²) in [6.07, 6.45) is 0. The van der Waals surface area contributed by atoms with E-state index >= 15 is 0 Å². The minimum absolute atomic E-state index is 0.00649. The fourth-order valence-corrected chi connectivity index (χ4v) is 2.73. The maximum atomic E-state index is 12.1. The highest BCUT2D eigenvalue weighted by Crippen LogP contribution is 2.22. The Morgan fingerprint density at radius 3 is 2.32 bits per heavy atom. The predicted molar refractivity (Wildman–Crippen MR) is 103 cm³/mol. The lowest BCUT2D eigenvalue weighted by Gasteiger charge is -2.18. The van der Waals surface area contributed by atoms with Crippen LogP contribution >= 0.6 is 34.8 Å². The molecule has 8 heteroatoms.